The van der Waals surface area contributed by atoms with Gasteiger partial charge in [0.2, 0.25) is 6.41 Å². The molecular weight excluding hydrogens is 338 g/mol. The Morgan fingerprint density at radius 2 is 2.25 bits per heavy atom. The number of aliphatic hydroxyl groups is 1. The van der Waals surface area contributed by atoms with Gasteiger partial charge < -0.3 is 5.11 Å². The number of aliphatic imine (C=N–C) groups is 1. The summed E-state index contributed by atoms with van der Waals surface area (Å²) in [6, 6.07) is 5.73. The molecule has 1 amide bonds. The summed E-state index contributed by atoms with van der Waals surface area (Å²) >= 11 is 6.77. The largest absolute Gasteiger partial charge is 0.387 e. The Morgan fingerprint density at radius 1 is 1.56 bits per heavy atom. The molecule has 5 heteroatoms. The Kier molecular flexibility index (Phi) is 5.31. The van der Waals surface area contributed by atoms with E-state index in [0.29, 0.717) is 18.5 Å². The van der Waals surface area contributed by atoms with Crippen LogP contribution in [0.3, 0.4) is 0 Å². The number of carbonyl (C=O) groups excluding carboxylic acids is 1. The highest BCUT2D eigenvalue weighted by Crippen LogP contribution is 2.22. The molecule has 3 nitrogen and oxygen atoms in total. The fourth-order valence-corrected chi connectivity index (χ4v) is 2.04. The van der Waals surface area contributed by atoms with E-state index in [1.165, 1.54) is 0 Å². The number of rotatable bonds is 4. The number of hydrogen-bond acceptors (Lipinski definition) is 2. The highest BCUT2D eigenvalue weighted by Gasteiger charge is 2.11. The second-order valence-electron chi connectivity index (χ2n) is 3.33. The summed E-state index contributed by atoms with van der Waals surface area (Å²) in [5.74, 6) is 0. The van der Waals surface area contributed by atoms with Crippen LogP contribution < -0.4 is 0 Å². The third-order valence-corrected chi connectivity index (χ3v) is 3.43. The Bertz CT molecular complexity index is 418. The second kappa shape index (κ2) is 6.27. The smallest absolute Gasteiger partial charge is 0.232 e. The number of aliphatic hydroxyl groups excluding tert-OH is 1. The summed E-state index contributed by atoms with van der Waals surface area (Å²) in [5.41, 5.74) is 1.38. The number of hydrogen-bond donors (Lipinski definition) is 1. The van der Waals surface area contributed by atoms with E-state index in [1.807, 2.05) is 18.2 Å². The summed E-state index contributed by atoms with van der Waals surface area (Å²) in [6.45, 7) is 1.63. The molecule has 0 aromatic heterocycles. The van der Waals surface area contributed by atoms with E-state index in [-0.39, 0.29) is 0 Å². The molecule has 0 heterocycles. The standard InChI is InChI=1S/C11H11Br2NO2/c1-7(14-6-15)11(16)5-8-4-9(12)2-3-10(8)13/h2-4,6,11,16H,5H2,1H3. The third-order valence-electron chi connectivity index (χ3n) is 2.16. The zero-order valence-corrected chi connectivity index (χ0v) is 11.8. The summed E-state index contributed by atoms with van der Waals surface area (Å²) in [5, 5.41) is 9.79. The van der Waals surface area contributed by atoms with E-state index in [9.17, 15) is 9.90 Å². The summed E-state index contributed by atoms with van der Waals surface area (Å²) < 4.78 is 1.87. The SMILES string of the molecule is CC(=NC=O)C(O)Cc1cc(Br)ccc1Br. The minimum Gasteiger partial charge on any atom is -0.387 e. The van der Waals surface area contributed by atoms with Crippen LogP contribution in [-0.2, 0) is 11.2 Å². The fraction of sp³-hybridized carbons (Fsp3) is 0.273. The van der Waals surface area contributed by atoms with E-state index in [0.717, 1.165) is 14.5 Å². The van der Waals surface area contributed by atoms with Crippen LogP contribution >= 0.6 is 31.9 Å². The van der Waals surface area contributed by atoms with Crippen LogP contribution in [0.25, 0.3) is 0 Å². The fourth-order valence-electron chi connectivity index (χ4n) is 1.22. The molecular formula is C11H11Br2NO2. The van der Waals surface area contributed by atoms with Gasteiger partial charge in [-0.3, -0.25) is 4.79 Å². The molecule has 1 rings (SSSR count). The van der Waals surface area contributed by atoms with E-state index in [1.54, 1.807) is 6.92 Å². The summed E-state index contributed by atoms with van der Waals surface area (Å²) in [4.78, 5) is 13.7. The van der Waals surface area contributed by atoms with Gasteiger partial charge in [0.05, 0.1) is 6.10 Å². The van der Waals surface area contributed by atoms with Gasteiger partial charge in [0, 0.05) is 21.1 Å². The van der Waals surface area contributed by atoms with Crippen LogP contribution in [0.4, 0.5) is 0 Å². The molecule has 0 aliphatic carbocycles. The van der Waals surface area contributed by atoms with Gasteiger partial charge in [0.25, 0.3) is 0 Å². The van der Waals surface area contributed by atoms with Crippen LogP contribution in [-0.4, -0.2) is 23.3 Å². The van der Waals surface area contributed by atoms with Crippen molar-refractivity contribution in [3.05, 3.63) is 32.7 Å². The monoisotopic (exact) mass is 347 g/mol. The minimum atomic E-state index is -0.740. The van der Waals surface area contributed by atoms with Crippen LogP contribution in [0.15, 0.2) is 32.1 Å². The molecule has 0 bridgehead atoms. The molecule has 0 radical (unpaired) electrons. The van der Waals surface area contributed by atoms with Crippen LogP contribution in [0.1, 0.15) is 12.5 Å². The third kappa shape index (κ3) is 3.81. The van der Waals surface area contributed by atoms with Crippen molar-refractivity contribution in [3.8, 4) is 0 Å². The topological polar surface area (TPSA) is 49.7 Å². The van der Waals surface area contributed by atoms with Gasteiger partial charge in [-0.05, 0) is 30.7 Å². The van der Waals surface area contributed by atoms with E-state index in [2.05, 4.69) is 36.9 Å². The van der Waals surface area contributed by atoms with Crippen molar-refractivity contribution in [1.82, 2.24) is 0 Å². The first-order valence-electron chi connectivity index (χ1n) is 4.64. The molecule has 86 valence electrons. The molecule has 1 aromatic rings. The molecule has 0 aliphatic heterocycles. The molecule has 1 aromatic carbocycles. The van der Waals surface area contributed by atoms with Gasteiger partial charge in [-0.15, -0.1) is 0 Å². The van der Waals surface area contributed by atoms with Crippen molar-refractivity contribution in [2.75, 3.05) is 0 Å². The minimum absolute atomic E-state index is 0.418. The van der Waals surface area contributed by atoms with Crippen LogP contribution in [0.2, 0.25) is 0 Å². The number of amides is 1. The average Bonchev–Trinajstić information content (AvgIpc) is 2.23. The van der Waals surface area contributed by atoms with Crippen molar-refractivity contribution < 1.29 is 9.90 Å². The van der Waals surface area contributed by atoms with Crippen molar-refractivity contribution in [1.29, 1.82) is 0 Å². The van der Waals surface area contributed by atoms with Crippen molar-refractivity contribution in [2.45, 2.75) is 19.4 Å². The molecule has 0 saturated heterocycles. The lowest BCUT2D eigenvalue weighted by Crippen LogP contribution is -2.20. The summed E-state index contributed by atoms with van der Waals surface area (Å²) in [7, 11) is 0. The molecule has 1 unspecified atom stereocenters. The highest BCUT2D eigenvalue weighted by molar-refractivity contribution is 9.11. The van der Waals surface area contributed by atoms with Crippen LogP contribution in [0.5, 0.6) is 0 Å². The highest BCUT2D eigenvalue weighted by atomic mass is 79.9. The van der Waals surface area contributed by atoms with Crippen molar-refractivity contribution in [2.24, 2.45) is 4.99 Å². The lowest BCUT2D eigenvalue weighted by molar-refractivity contribution is -0.106. The van der Waals surface area contributed by atoms with E-state index in [4.69, 9.17) is 0 Å². The second-order valence-corrected chi connectivity index (χ2v) is 5.10. The van der Waals surface area contributed by atoms with Gasteiger partial charge >= 0.3 is 0 Å². The number of carbonyl (C=O) groups is 1. The normalized spacial score (nSPS) is 13.6. The first-order valence-corrected chi connectivity index (χ1v) is 6.23. The van der Waals surface area contributed by atoms with Gasteiger partial charge in [0.15, 0.2) is 0 Å². The maximum atomic E-state index is 10.2. The Morgan fingerprint density at radius 3 is 2.88 bits per heavy atom. The number of nitrogens with zero attached hydrogens (tertiary/aromatic N) is 1. The maximum Gasteiger partial charge on any atom is 0.232 e. The Labute approximate surface area is 111 Å². The van der Waals surface area contributed by atoms with Gasteiger partial charge in [-0.25, -0.2) is 4.99 Å². The maximum absolute atomic E-state index is 10.2. The average molecular weight is 349 g/mol. The van der Waals surface area contributed by atoms with Gasteiger partial charge in [-0.2, -0.15) is 0 Å². The lowest BCUT2D eigenvalue weighted by Gasteiger charge is -2.11. The first-order chi connectivity index (χ1) is 7.54. The predicted octanol–water partition coefficient (Wildman–Crippen LogP) is 2.73. The molecule has 0 fully saturated rings. The summed E-state index contributed by atoms with van der Waals surface area (Å²) in [6.07, 6.45) is 0.119. The Balaban J connectivity index is 2.84. The first kappa shape index (κ1) is 13.5. The Hall–Kier alpha value is -0.520. The van der Waals surface area contributed by atoms with Crippen molar-refractivity contribution >= 4 is 44.0 Å². The van der Waals surface area contributed by atoms with Crippen LogP contribution in [0, 0.1) is 0 Å². The molecule has 16 heavy (non-hydrogen) atoms. The molecule has 0 saturated carbocycles. The lowest BCUT2D eigenvalue weighted by atomic mass is 10.1. The number of halogens is 2. The van der Waals surface area contributed by atoms with Gasteiger partial charge in [0.1, 0.15) is 0 Å². The quantitative estimate of drug-likeness (QED) is 0.671. The van der Waals surface area contributed by atoms with E-state index < -0.39 is 6.10 Å². The number of benzene rings is 1. The van der Waals surface area contributed by atoms with E-state index >= 15 is 0 Å². The molecule has 0 aliphatic rings. The van der Waals surface area contributed by atoms with Gasteiger partial charge in [-0.1, -0.05) is 31.9 Å². The van der Waals surface area contributed by atoms with Crippen molar-refractivity contribution in [3.63, 3.8) is 0 Å². The molecule has 1 N–H and O–H groups in total. The zero-order valence-electron chi connectivity index (χ0n) is 8.65. The predicted molar refractivity (Wildman–Crippen MR) is 70.7 cm³/mol. The molecule has 1 atom stereocenters. The molecule has 0 spiro atoms. The zero-order chi connectivity index (χ0) is 12.1.